The maximum absolute atomic E-state index is 10.9. The van der Waals surface area contributed by atoms with Gasteiger partial charge in [-0.3, -0.25) is 4.79 Å². The fraction of sp³-hybridized carbons (Fsp3) is 0.300. The van der Waals surface area contributed by atoms with Crippen molar-refractivity contribution in [1.82, 2.24) is 10.8 Å². The second-order valence-corrected chi connectivity index (χ2v) is 6.41. The Morgan fingerprint density at radius 1 is 1.11 bits per heavy atom. The van der Waals surface area contributed by atoms with Gasteiger partial charge in [-0.25, -0.2) is 4.79 Å². The number of hydrogen-bond acceptors (Lipinski definition) is 5. The minimum atomic E-state index is -0.943. The smallest absolute Gasteiger partial charge is 0.396 e. The van der Waals surface area contributed by atoms with E-state index in [2.05, 4.69) is 17.4 Å². The molecule has 1 atom stereocenters. The molecule has 2 aliphatic rings. The van der Waals surface area contributed by atoms with Gasteiger partial charge in [0.05, 0.1) is 0 Å². The monoisotopic (exact) mass is 369 g/mol. The van der Waals surface area contributed by atoms with Crippen LogP contribution < -0.4 is 10.8 Å². The standard InChI is InChI=1S/C15H12NO3.C5H9NO2/c17-15(16-18)19-9-14-12-7-3-1-5-10(12)11-6-2-4-8-13(11)14;7-5(8)4-2-1-3-6-4/h1-8,14H,9H2,(H-,16,17,18);4,6H,1-3H2,(H,7,8)/q-1;/t;4-/m.0/s1. The Hall–Kier alpha value is -2.90. The summed E-state index contributed by atoms with van der Waals surface area (Å²) in [5.41, 5.74) is 5.80. The SMILES string of the molecule is O=C(N[O-])OCC1c2ccccc2-c2ccccc21.O=C(O)[C@@H]1CCCN1. The molecule has 1 saturated heterocycles. The van der Waals surface area contributed by atoms with Gasteiger partial charge in [-0.05, 0) is 41.6 Å². The molecule has 7 nitrogen and oxygen atoms in total. The van der Waals surface area contributed by atoms with Crippen LogP contribution in [-0.4, -0.2) is 36.4 Å². The van der Waals surface area contributed by atoms with Crippen LogP contribution in [0.15, 0.2) is 48.5 Å². The summed E-state index contributed by atoms with van der Waals surface area (Å²) in [6.45, 7) is 1.03. The Labute approximate surface area is 156 Å². The van der Waals surface area contributed by atoms with Gasteiger partial charge in [0.2, 0.25) is 0 Å². The number of fused-ring (bicyclic) bond motifs is 3. The Balaban J connectivity index is 0.000000221. The van der Waals surface area contributed by atoms with E-state index >= 15 is 0 Å². The third-order valence-corrected chi connectivity index (χ3v) is 4.79. The number of rotatable bonds is 3. The van der Waals surface area contributed by atoms with Gasteiger partial charge in [0, 0.05) is 5.92 Å². The zero-order valence-electron chi connectivity index (χ0n) is 14.7. The summed E-state index contributed by atoms with van der Waals surface area (Å²) in [5.74, 6) is -0.729. The van der Waals surface area contributed by atoms with Crippen molar-refractivity contribution in [3.63, 3.8) is 0 Å². The third kappa shape index (κ3) is 4.27. The van der Waals surface area contributed by atoms with Crippen molar-refractivity contribution in [3.05, 3.63) is 64.9 Å². The van der Waals surface area contributed by atoms with Crippen molar-refractivity contribution in [2.24, 2.45) is 0 Å². The predicted octanol–water partition coefficient (Wildman–Crippen LogP) is 2.85. The highest BCUT2D eigenvalue weighted by Crippen LogP contribution is 2.44. The highest BCUT2D eigenvalue weighted by Gasteiger charge is 2.28. The van der Waals surface area contributed by atoms with Crippen molar-refractivity contribution in [2.75, 3.05) is 13.2 Å². The molecule has 1 aliphatic heterocycles. The van der Waals surface area contributed by atoms with Gasteiger partial charge in [0.1, 0.15) is 12.6 Å². The van der Waals surface area contributed by atoms with Crippen LogP contribution in [0.2, 0.25) is 0 Å². The molecule has 142 valence electrons. The summed E-state index contributed by atoms with van der Waals surface area (Å²) in [7, 11) is 0. The first-order valence-electron chi connectivity index (χ1n) is 8.81. The molecule has 0 saturated carbocycles. The molecular weight excluding hydrogens is 348 g/mol. The molecule has 1 aliphatic carbocycles. The van der Waals surface area contributed by atoms with E-state index in [1.807, 2.05) is 36.4 Å². The average molecular weight is 369 g/mol. The highest BCUT2D eigenvalue weighted by molar-refractivity contribution is 5.79. The lowest BCUT2D eigenvalue weighted by Gasteiger charge is -2.15. The zero-order valence-corrected chi connectivity index (χ0v) is 14.7. The molecule has 2 aromatic rings. The maximum atomic E-state index is 10.9. The molecule has 27 heavy (non-hydrogen) atoms. The van der Waals surface area contributed by atoms with Gasteiger partial charge < -0.3 is 25.8 Å². The van der Waals surface area contributed by atoms with Crippen LogP contribution in [-0.2, 0) is 9.53 Å². The van der Waals surface area contributed by atoms with Gasteiger partial charge in [-0.1, -0.05) is 48.5 Å². The summed E-state index contributed by atoms with van der Waals surface area (Å²) in [6.07, 6.45) is 0.841. The maximum Gasteiger partial charge on any atom is 0.396 e. The lowest BCUT2D eigenvalue weighted by Crippen LogP contribution is -2.29. The van der Waals surface area contributed by atoms with E-state index in [1.165, 1.54) is 5.48 Å². The first-order valence-corrected chi connectivity index (χ1v) is 8.81. The fourth-order valence-corrected chi connectivity index (χ4v) is 3.52. The number of benzene rings is 2. The van der Waals surface area contributed by atoms with Crippen LogP contribution in [0, 0.1) is 5.21 Å². The van der Waals surface area contributed by atoms with Crippen LogP contribution in [0.4, 0.5) is 4.79 Å². The van der Waals surface area contributed by atoms with Crippen molar-refractivity contribution in [3.8, 4) is 11.1 Å². The number of amides is 1. The Morgan fingerprint density at radius 2 is 1.70 bits per heavy atom. The Morgan fingerprint density at radius 3 is 2.15 bits per heavy atom. The number of carbonyl (C=O) groups excluding carboxylic acids is 1. The average Bonchev–Trinajstić information content (AvgIpc) is 3.34. The van der Waals surface area contributed by atoms with Gasteiger partial charge in [-0.2, -0.15) is 0 Å². The number of carboxylic acid groups (broad SMARTS) is 1. The normalized spacial score (nSPS) is 17.3. The number of carboxylic acids is 1. The second kappa shape index (κ2) is 8.66. The van der Waals surface area contributed by atoms with Crippen molar-refractivity contribution >= 4 is 12.1 Å². The largest absolute Gasteiger partial charge is 0.756 e. The van der Waals surface area contributed by atoms with E-state index in [-0.39, 0.29) is 18.6 Å². The van der Waals surface area contributed by atoms with Crippen molar-refractivity contribution < 1.29 is 19.4 Å². The number of hydrogen-bond donors (Lipinski definition) is 3. The van der Waals surface area contributed by atoms with Gasteiger partial charge >= 0.3 is 12.1 Å². The second-order valence-electron chi connectivity index (χ2n) is 6.41. The molecule has 3 N–H and O–H groups in total. The molecule has 0 bridgehead atoms. The van der Waals surface area contributed by atoms with Gasteiger partial charge in [0.25, 0.3) is 0 Å². The summed E-state index contributed by atoms with van der Waals surface area (Å²) in [5, 5.41) is 21.4. The van der Waals surface area contributed by atoms with Gasteiger partial charge in [-0.15, -0.1) is 0 Å². The molecule has 0 spiro atoms. The Kier molecular flexibility index (Phi) is 6.05. The fourth-order valence-electron chi connectivity index (χ4n) is 3.52. The summed E-state index contributed by atoms with van der Waals surface area (Å²) in [4.78, 5) is 21.1. The zero-order chi connectivity index (χ0) is 19.2. The molecule has 1 fully saturated rings. The van der Waals surface area contributed by atoms with Crippen molar-refractivity contribution in [2.45, 2.75) is 24.8 Å². The molecule has 2 aromatic carbocycles. The minimum absolute atomic E-state index is 0.00954. The molecule has 0 unspecified atom stereocenters. The number of hydroxylamine groups is 1. The van der Waals surface area contributed by atoms with E-state index < -0.39 is 12.1 Å². The van der Waals surface area contributed by atoms with E-state index in [4.69, 9.17) is 9.84 Å². The van der Waals surface area contributed by atoms with E-state index in [9.17, 15) is 14.8 Å². The molecule has 4 rings (SSSR count). The van der Waals surface area contributed by atoms with Crippen LogP contribution in [0.3, 0.4) is 0 Å². The van der Waals surface area contributed by atoms with E-state index in [1.54, 1.807) is 0 Å². The minimum Gasteiger partial charge on any atom is -0.756 e. The van der Waals surface area contributed by atoms with E-state index in [0.717, 1.165) is 41.6 Å². The number of aliphatic carboxylic acids is 1. The topological polar surface area (TPSA) is 111 Å². The predicted molar refractivity (Wildman–Crippen MR) is 100 cm³/mol. The number of ether oxygens (including phenoxy) is 1. The van der Waals surface area contributed by atoms with Gasteiger partial charge in [0.15, 0.2) is 0 Å². The summed E-state index contributed by atoms with van der Waals surface area (Å²) < 4.78 is 4.93. The first-order chi connectivity index (χ1) is 13.1. The molecular formula is C20H21N2O5-. The van der Waals surface area contributed by atoms with Crippen LogP contribution >= 0.6 is 0 Å². The summed E-state index contributed by atoms with van der Waals surface area (Å²) >= 11 is 0. The van der Waals surface area contributed by atoms with Crippen LogP contribution in [0.5, 0.6) is 0 Å². The van der Waals surface area contributed by atoms with Crippen LogP contribution in [0.25, 0.3) is 11.1 Å². The molecule has 0 aromatic heterocycles. The number of nitrogens with one attached hydrogen (secondary N) is 2. The highest BCUT2D eigenvalue weighted by atomic mass is 16.6. The third-order valence-electron chi connectivity index (χ3n) is 4.79. The molecule has 1 heterocycles. The van der Waals surface area contributed by atoms with Crippen molar-refractivity contribution in [1.29, 1.82) is 0 Å². The number of carbonyl (C=O) groups is 2. The molecule has 1 amide bonds. The molecule has 0 radical (unpaired) electrons. The Bertz CT molecular complexity index is 772. The first kappa shape index (κ1) is 18.9. The summed E-state index contributed by atoms with van der Waals surface area (Å²) in [6, 6.07) is 15.8. The lowest BCUT2D eigenvalue weighted by molar-refractivity contribution is -0.139. The van der Waals surface area contributed by atoms with E-state index in [0.29, 0.717) is 0 Å². The quantitative estimate of drug-likeness (QED) is 0.718. The lowest BCUT2D eigenvalue weighted by atomic mass is 9.98. The molecule has 7 heteroatoms. The van der Waals surface area contributed by atoms with Crippen LogP contribution in [0.1, 0.15) is 29.9 Å².